The minimum atomic E-state index is -0.625. The van der Waals surface area contributed by atoms with Crippen LogP contribution in [0.15, 0.2) is 29.1 Å². The van der Waals surface area contributed by atoms with Gasteiger partial charge in [0.2, 0.25) is 5.91 Å². The van der Waals surface area contributed by atoms with Crippen molar-refractivity contribution in [1.29, 1.82) is 0 Å². The van der Waals surface area contributed by atoms with E-state index in [1.807, 2.05) is 39.0 Å². The third kappa shape index (κ3) is 4.98. The number of amides is 2. The first kappa shape index (κ1) is 21.8. The zero-order valence-corrected chi connectivity index (χ0v) is 18.0. The van der Waals surface area contributed by atoms with Gasteiger partial charge in [-0.05, 0) is 43.7 Å². The van der Waals surface area contributed by atoms with Crippen molar-refractivity contribution in [1.82, 2.24) is 25.0 Å². The van der Waals surface area contributed by atoms with Crippen molar-refractivity contribution in [2.45, 2.75) is 65.6 Å². The van der Waals surface area contributed by atoms with Gasteiger partial charge in [-0.25, -0.2) is 9.48 Å². The Morgan fingerprint density at radius 1 is 1.20 bits per heavy atom. The summed E-state index contributed by atoms with van der Waals surface area (Å²) in [5, 5.41) is 10.1. The lowest BCUT2D eigenvalue weighted by atomic mass is 10.0. The molecule has 8 nitrogen and oxygen atoms in total. The average Bonchev–Trinajstić information content (AvgIpc) is 3.05. The van der Waals surface area contributed by atoms with Gasteiger partial charge in [-0.3, -0.25) is 14.2 Å². The highest BCUT2D eigenvalue weighted by molar-refractivity contribution is 5.98. The molecule has 0 spiro atoms. The van der Waals surface area contributed by atoms with Gasteiger partial charge in [0.05, 0.1) is 0 Å². The van der Waals surface area contributed by atoms with Crippen LogP contribution < -0.4 is 16.3 Å². The zero-order chi connectivity index (χ0) is 21.7. The van der Waals surface area contributed by atoms with Crippen LogP contribution in [-0.4, -0.2) is 38.7 Å². The van der Waals surface area contributed by atoms with E-state index < -0.39 is 6.04 Å². The largest absolute Gasteiger partial charge is 0.354 e. The molecule has 2 amide bonds. The third-order valence-electron chi connectivity index (χ3n) is 5.50. The second kappa shape index (κ2) is 9.73. The Morgan fingerprint density at radius 2 is 1.97 bits per heavy atom. The summed E-state index contributed by atoms with van der Waals surface area (Å²) < 4.78 is 3.24. The molecule has 0 saturated carbocycles. The van der Waals surface area contributed by atoms with E-state index in [4.69, 9.17) is 0 Å². The summed E-state index contributed by atoms with van der Waals surface area (Å²) >= 11 is 0. The first-order valence-corrected chi connectivity index (χ1v) is 10.7. The molecule has 8 heteroatoms. The molecule has 2 heterocycles. The molecule has 3 rings (SSSR count). The molecule has 1 aliphatic rings. The topological polar surface area (TPSA) is 98.0 Å². The molecule has 0 fully saturated rings. The lowest BCUT2D eigenvalue weighted by Crippen LogP contribution is -2.50. The smallest absolute Gasteiger partial charge is 0.345 e. The highest BCUT2D eigenvalue weighted by Crippen LogP contribution is 2.10. The molecule has 0 bridgehead atoms. The van der Waals surface area contributed by atoms with Crippen molar-refractivity contribution in [3.05, 3.63) is 51.7 Å². The van der Waals surface area contributed by atoms with E-state index in [0.717, 1.165) is 37.2 Å². The molecule has 0 radical (unpaired) electrons. The number of benzene rings is 1. The minimum absolute atomic E-state index is 0.0551. The van der Waals surface area contributed by atoms with Gasteiger partial charge in [0, 0.05) is 31.6 Å². The maximum atomic E-state index is 12.7. The number of rotatable bonds is 8. The first-order valence-electron chi connectivity index (χ1n) is 10.7. The Morgan fingerprint density at radius 3 is 2.67 bits per heavy atom. The fourth-order valence-corrected chi connectivity index (χ4v) is 3.73. The number of carbonyl (C=O) groups excluding carboxylic acids is 2. The zero-order valence-electron chi connectivity index (χ0n) is 18.0. The number of hydrogen-bond donors (Lipinski definition) is 2. The Hall–Kier alpha value is -2.90. The second-order valence-electron chi connectivity index (χ2n) is 8.19. The van der Waals surface area contributed by atoms with Crippen LogP contribution in [0.5, 0.6) is 0 Å². The lowest BCUT2D eigenvalue weighted by Gasteiger charge is -2.22. The SMILES string of the molecule is Cc1ccccc1C(=O)NC(C(=O)NCCCn1nc2n(c1=O)CCCC2)C(C)C. The predicted octanol–water partition coefficient (Wildman–Crippen LogP) is 1.65. The summed E-state index contributed by atoms with van der Waals surface area (Å²) in [5.74, 6) is 0.329. The van der Waals surface area contributed by atoms with E-state index in [0.29, 0.717) is 25.1 Å². The Bertz CT molecular complexity index is 960. The van der Waals surface area contributed by atoms with Gasteiger partial charge >= 0.3 is 5.69 Å². The van der Waals surface area contributed by atoms with Crippen molar-refractivity contribution in [3.63, 3.8) is 0 Å². The Kier molecular flexibility index (Phi) is 7.07. The van der Waals surface area contributed by atoms with Crippen LogP contribution in [0.2, 0.25) is 0 Å². The van der Waals surface area contributed by atoms with Gasteiger partial charge < -0.3 is 10.6 Å². The normalized spacial score (nSPS) is 14.3. The van der Waals surface area contributed by atoms with Gasteiger partial charge in [0.1, 0.15) is 11.9 Å². The second-order valence-corrected chi connectivity index (χ2v) is 8.19. The molecule has 1 aromatic carbocycles. The summed E-state index contributed by atoms with van der Waals surface area (Å²) in [6.45, 7) is 7.28. The molecule has 1 atom stereocenters. The summed E-state index contributed by atoms with van der Waals surface area (Å²) in [6, 6.07) is 6.68. The monoisotopic (exact) mass is 413 g/mol. The van der Waals surface area contributed by atoms with E-state index in [9.17, 15) is 14.4 Å². The molecule has 1 aromatic heterocycles. The summed E-state index contributed by atoms with van der Waals surface area (Å²) in [7, 11) is 0. The highest BCUT2D eigenvalue weighted by Gasteiger charge is 2.25. The van der Waals surface area contributed by atoms with Crippen molar-refractivity contribution >= 4 is 11.8 Å². The molecule has 2 N–H and O–H groups in total. The molecule has 1 unspecified atom stereocenters. The van der Waals surface area contributed by atoms with Crippen molar-refractivity contribution in [2.24, 2.45) is 5.92 Å². The number of nitrogens with one attached hydrogen (secondary N) is 2. The molecular formula is C22H31N5O3. The minimum Gasteiger partial charge on any atom is -0.354 e. The van der Waals surface area contributed by atoms with Gasteiger partial charge in [-0.2, -0.15) is 5.10 Å². The average molecular weight is 414 g/mol. The fourth-order valence-electron chi connectivity index (χ4n) is 3.73. The first-order chi connectivity index (χ1) is 14.4. The maximum absolute atomic E-state index is 12.7. The standard InChI is InChI=1S/C22H31N5O3/c1-15(2)19(24-20(28)17-10-5-4-9-16(17)3)21(29)23-12-8-14-27-22(30)26-13-7-6-11-18(26)25-27/h4-5,9-10,15,19H,6-8,11-14H2,1-3H3,(H,23,29)(H,24,28). The van der Waals surface area contributed by atoms with Crippen molar-refractivity contribution < 1.29 is 9.59 Å². The van der Waals surface area contributed by atoms with E-state index in [-0.39, 0.29) is 23.4 Å². The van der Waals surface area contributed by atoms with Crippen LogP contribution in [0.1, 0.15) is 54.9 Å². The quantitative estimate of drug-likeness (QED) is 0.643. The summed E-state index contributed by atoms with van der Waals surface area (Å²) in [5.41, 5.74) is 1.37. The molecule has 2 aromatic rings. The van der Waals surface area contributed by atoms with Gasteiger partial charge in [0.25, 0.3) is 5.91 Å². The number of nitrogens with zero attached hydrogens (tertiary/aromatic N) is 3. The Balaban J connectivity index is 1.52. The highest BCUT2D eigenvalue weighted by atomic mass is 16.2. The number of fused-ring (bicyclic) bond motifs is 1. The lowest BCUT2D eigenvalue weighted by molar-refractivity contribution is -0.123. The van der Waals surface area contributed by atoms with E-state index >= 15 is 0 Å². The van der Waals surface area contributed by atoms with Crippen molar-refractivity contribution in [3.8, 4) is 0 Å². The fraction of sp³-hybridized carbons (Fsp3) is 0.545. The molecule has 1 aliphatic heterocycles. The van der Waals surface area contributed by atoms with Gasteiger partial charge in [-0.15, -0.1) is 0 Å². The molecule has 0 aliphatic carbocycles. The van der Waals surface area contributed by atoms with E-state index in [2.05, 4.69) is 15.7 Å². The van der Waals surface area contributed by atoms with Crippen LogP contribution in [0.25, 0.3) is 0 Å². The van der Waals surface area contributed by atoms with Crippen LogP contribution in [0.3, 0.4) is 0 Å². The van der Waals surface area contributed by atoms with E-state index in [1.54, 1.807) is 10.6 Å². The van der Waals surface area contributed by atoms with E-state index in [1.165, 1.54) is 4.68 Å². The van der Waals surface area contributed by atoms with Crippen LogP contribution >= 0.6 is 0 Å². The molecule has 30 heavy (non-hydrogen) atoms. The van der Waals surface area contributed by atoms with Gasteiger partial charge in [-0.1, -0.05) is 32.0 Å². The van der Waals surface area contributed by atoms with Crippen LogP contribution in [0, 0.1) is 12.8 Å². The third-order valence-corrected chi connectivity index (χ3v) is 5.50. The predicted molar refractivity (Wildman–Crippen MR) is 114 cm³/mol. The molecular weight excluding hydrogens is 382 g/mol. The molecule has 162 valence electrons. The number of aromatic nitrogens is 3. The maximum Gasteiger partial charge on any atom is 0.345 e. The summed E-state index contributed by atoms with van der Waals surface area (Å²) in [4.78, 5) is 37.6. The number of hydrogen-bond acceptors (Lipinski definition) is 4. The summed E-state index contributed by atoms with van der Waals surface area (Å²) in [6.07, 6.45) is 3.52. The van der Waals surface area contributed by atoms with Gasteiger partial charge in [0.15, 0.2) is 0 Å². The van der Waals surface area contributed by atoms with Crippen LogP contribution in [-0.2, 0) is 24.3 Å². The molecule has 0 saturated heterocycles. The number of aryl methyl sites for hydroxylation is 3. The number of carbonyl (C=O) groups is 2. The van der Waals surface area contributed by atoms with Crippen LogP contribution in [0.4, 0.5) is 0 Å². The Labute approximate surface area is 176 Å². The van der Waals surface area contributed by atoms with Crippen molar-refractivity contribution in [2.75, 3.05) is 6.54 Å².